The first kappa shape index (κ1) is 20.3. The van der Waals surface area contributed by atoms with E-state index in [4.69, 9.17) is 11.6 Å². The van der Waals surface area contributed by atoms with Crippen molar-refractivity contribution < 1.29 is 9.59 Å². The van der Waals surface area contributed by atoms with Crippen molar-refractivity contribution in [3.8, 4) is 0 Å². The van der Waals surface area contributed by atoms with Crippen molar-refractivity contribution >= 4 is 52.2 Å². The smallest absolute Gasteiger partial charge is 0.286 e. The normalized spacial score (nSPS) is 10.5. The van der Waals surface area contributed by atoms with Crippen LogP contribution in [0.2, 0.25) is 5.02 Å². The van der Waals surface area contributed by atoms with Crippen molar-refractivity contribution in [2.24, 2.45) is 0 Å². The molecule has 2 amide bonds. The number of hydrogen-bond acceptors (Lipinski definition) is 6. The number of thioether (sulfide) groups is 1. The molecule has 3 aromatic rings. The molecule has 28 heavy (non-hydrogen) atoms. The highest BCUT2D eigenvalue weighted by Gasteiger charge is 2.14. The number of carbonyl (C=O) groups excluding carboxylic acids is 2. The van der Waals surface area contributed by atoms with Gasteiger partial charge in [0.15, 0.2) is 4.34 Å². The molecule has 0 saturated carbocycles. The second-order valence-corrected chi connectivity index (χ2v) is 8.52. The van der Waals surface area contributed by atoms with Gasteiger partial charge in [0, 0.05) is 17.3 Å². The molecule has 0 spiro atoms. The molecule has 0 radical (unpaired) electrons. The average Bonchev–Trinajstić information content (AvgIpc) is 3.17. The van der Waals surface area contributed by atoms with Crippen LogP contribution in [0.25, 0.3) is 0 Å². The summed E-state index contributed by atoms with van der Waals surface area (Å²) in [5, 5.41) is 14.4. The number of rotatable bonds is 7. The Balaban J connectivity index is 1.45. The van der Waals surface area contributed by atoms with Gasteiger partial charge in [-0.25, -0.2) is 0 Å². The predicted octanol–water partition coefficient (Wildman–Crippen LogP) is 4.16. The molecule has 0 aliphatic heterocycles. The van der Waals surface area contributed by atoms with E-state index in [9.17, 15) is 9.59 Å². The Morgan fingerprint density at radius 1 is 1.07 bits per heavy atom. The zero-order chi connectivity index (χ0) is 19.9. The van der Waals surface area contributed by atoms with E-state index < -0.39 is 0 Å². The van der Waals surface area contributed by atoms with Gasteiger partial charge in [0.25, 0.3) is 5.91 Å². The van der Waals surface area contributed by atoms with Crippen molar-refractivity contribution in [3.63, 3.8) is 0 Å². The molecule has 0 aliphatic carbocycles. The van der Waals surface area contributed by atoms with Crippen LogP contribution in [-0.2, 0) is 11.3 Å². The number of halogens is 1. The minimum atomic E-state index is -0.319. The third-order valence-corrected chi connectivity index (χ3v) is 5.95. The first-order valence-corrected chi connectivity index (χ1v) is 10.5. The molecule has 144 valence electrons. The van der Waals surface area contributed by atoms with Gasteiger partial charge in [-0.15, -0.1) is 10.2 Å². The molecule has 2 N–H and O–H groups in total. The quantitative estimate of drug-likeness (QED) is 0.547. The molecule has 0 bridgehead atoms. The first-order chi connectivity index (χ1) is 13.5. The van der Waals surface area contributed by atoms with Gasteiger partial charge in [-0.1, -0.05) is 64.5 Å². The maximum absolute atomic E-state index is 12.2. The number of carbonyl (C=O) groups is 2. The number of anilines is 1. The van der Waals surface area contributed by atoms with Gasteiger partial charge in [0.2, 0.25) is 10.9 Å². The zero-order valence-corrected chi connectivity index (χ0v) is 17.3. The highest BCUT2D eigenvalue weighted by Crippen LogP contribution is 2.23. The number of nitrogens with one attached hydrogen (secondary N) is 2. The number of nitrogens with zero attached hydrogens (tertiary/aromatic N) is 2. The second-order valence-electron chi connectivity index (χ2n) is 5.89. The number of amides is 2. The lowest BCUT2D eigenvalue weighted by atomic mass is 10.2. The van der Waals surface area contributed by atoms with Crippen molar-refractivity contribution in [2.75, 3.05) is 11.1 Å². The Bertz CT molecular complexity index is 959. The van der Waals surface area contributed by atoms with Crippen LogP contribution in [0, 0.1) is 6.92 Å². The molecule has 0 atom stereocenters. The van der Waals surface area contributed by atoms with Crippen molar-refractivity contribution in [2.45, 2.75) is 17.8 Å². The summed E-state index contributed by atoms with van der Waals surface area (Å²) in [5.74, 6) is -0.247. The monoisotopic (exact) mass is 432 g/mol. The lowest BCUT2D eigenvalue weighted by Gasteiger charge is -2.04. The predicted molar refractivity (Wildman–Crippen MR) is 113 cm³/mol. The molecule has 0 saturated heterocycles. The lowest BCUT2D eigenvalue weighted by molar-refractivity contribution is -0.118. The fourth-order valence-electron chi connectivity index (χ4n) is 2.16. The summed E-state index contributed by atoms with van der Waals surface area (Å²) in [6.45, 7) is 2.41. The Morgan fingerprint density at radius 2 is 1.79 bits per heavy atom. The average molecular weight is 433 g/mol. The van der Waals surface area contributed by atoms with Crippen LogP contribution in [0.5, 0.6) is 0 Å². The molecule has 0 unspecified atom stereocenters. The van der Waals surface area contributed by atoms with Crippen molar-refractivity contribution in [3.05, 3.63) is 69.7 Å². The van der Waals surface area contributed by atoms with Crippen molar-refractivity contribution in [1.82, 2.24) is 15.5 Å². The van der Waals surface area contributed by atoms with Gasteiger partial charge in [-0.2, -0.15) is 0 Å². The summed E-state index contributed by atoms with van der Waals surface area (Å²) >= 11 is 8.24. The van der Waals surface area contributed by atoms with Gasteiger partial charge >= 0.3 is 0 Å². The number of aryl methyl sites for hydroxylation is 1. The Hall–Kier alpha value is -2.42. The highest BCUT2D eigenvalue weighted by atomic mass is 35.5. The zero-order valence-electron chi connectivity index (χ0n) is 14.9. The Morgan fingerprint density at radius 3 is 2.50 bits per heavy atom. The van der Waals surface area contributed by atoms with E-state index in [2.05, 4.69) is 20.8 Å². The van der Waals surface area contributed by atoms with E-state index in [1.807, 2.05) is 43.3 Å². The topological polar surface area (TPSA) is 84.0 Å². The first-order valence-electron chi connectivity index (χ1n) is 8.35. The summed E-state index contributed by atoms with van der Waals surface area (Å²) in [6, 6.07) is 14.8. The molecule has 6 nitrogen and oxygen atoms in total. The minimum Gasteiger partial charge on any atom is -0.351 e. The summed E-state index contributed by atoms with van der Waals surface area (Å²) < 4.78 is 0.565. The van der Waals surface area contributed by atoms with E-state index in [1.165, 1.54) is 11.8 Å². The van der Waals surface area contributed by atoms with Crippen LogP contribution in [-0.4, -0.2) is 27.8 Å². The van der Waals surface area contributed by atoms with Crippen LogP contribution in [0.3, 0.4) is 0 Å². The number of benzene rings is 2. The molecule has 9 heteroatoms. The van der Waals surface area contributed by atoms with Gasteiger partial charge in [-0.05, 0) is 36.8 Å². The summed E-state index contributed by atoms with van der Waals surface area (Å²) in [5.41, 5.74) is 2.78. The largest absolute Gasteiger partial charge is 0.351 e. The summed E-state index contributed by atoms with van der Waals surface area (Å²) in [4.78, 5) is 24.2. The van der Waals surface area contributed by atoms with Crippen molar-refractivity contribution in [1.29, 1.82) is 0 Å². The van der Waals surface area contributed by atoms with E-state index >= 15 is 0 Å². The van der Waals surface area contributed by atoms with Gasteiger partial charge in [-0.3, -0.25) is 9.59 Å². The van der Waals surface area contributed by atoms with Gasteiger partial charge in [0.1, 0.15) is 0 Å². The van der Waals surface area contributed by atoms with Gasteiger partial charge in [0.05, 0.1) is 5.75 Å². The van der Waals surface area contributed by atoms with E-state index in [1.54, 1.807) is 12.1 Å². The molecular weight excluding hydrogens is 416 g/mol. The van der Waals surface area contributed by atoms with Crippen LogP contribution in [0.15, 0.2) is 52.9 Å². The fourth-order valence-corrected chi connectivity index (χ4v) is 3.87. The number of aromatic nitrogens is 2. The Kier molecular flexibility index (Phi) is 7.02. The molecular formula is C19H17ClN4O2S2. The maximum atomic E-state index is 12.2. The fraction of sp³-hybridized carbons (Fsp3) is 0.158. The van der Waals surface area contributed by atoms with Crippen LogP contribution in [0.4, 0.5) is 5.69 Å². The van der Waals surface area contributed by atoms with Crippen LogP contribution in [0.1, 0.15) is 20.9 Å². The molecule has 2 aromatic carbocycles. The van der Waals surface area contributed by atoms with Gasteiger partial charge < -0.3 is 10.6 Å². The number of hydrogen-bond donors (Lipinski definition) is 2. The minimum absolute atomic E-state index is 0.124. The van der Waals surface area contributed by atoms with E-state index in [0.29, 0.717) is 21.6 Å². The highest BCUT2D eigenvalue weighted by molar-refractivity contribution is 8.01. The van der Waals surface area contributed by atoms with E-state index in [0.717, 1.165) is 22.5 Å². The summed E-state index contributed by atoms with van der Waals surface area (Å²) in [6.07, 6.45) is 0. The molecule has 0 aliphatic rings. The third kappa shape index (κ3) is 6.05. The summed E-state index contributed by atoms with van der Waals surface area (Å²) in [7, 11) is 0. The third-order valence-electron chi connectivity index (χ3n) is 3.64. The Labute approximate surface area is 175 Å². The lowest BCUT2D eigenvalue weighted by Crippen LogP contribution is -2.24. The maximum Gasteiger partial charge on any atom is 0.286 e. The van der Waals surface area contributed by atoms with Crippen LogP contribution >= 0.6 is 34.7 Å². The van der Waals surface area contributed by atoms with Crippen LogP contribution < -0.4 is 10.6 Å². The second kappa shape index (κ2) is 9.68. The molecule has 3 rings (SSSR count). The standard InChI is InChI=1S/C19H17ClN4O2S2/c1-12-2-8-15(9-3-12)22-17(26)18-23-24-19(28-18)27-11-16(25)21-10-13-4-6-14(20)7-5-13/h2-9H,10-11H2,1H3,(H,21,25)(H,22,26). The molecule has 1 heterocycles. The molecule has 0 fully saturated rings. The molecule has 1 aromatic heterocycles. The SMILES string of the molecule is Cc1ccc(NC(=O)c2nnc(SCC(=O)NCc3ccc(Cl)cc3)s2)cc1. The van der Waals surface area contributed by atoms with E-state index in [-0.39, 0.29) is 22.6 Å².